The predicted octanol–water partition coefficient (Wildman–Crippen LogP) is 2.38. The minimum absolute atomic E-state index is 0. The number of carbonyl (C=O) groups is 1. The molecule has 0 aromatic heterocycles. The second-order valence-corrected chi connectivity index (χ2v) is 6.30. The number of halogens is 2. The number of morpholine rings is 1. The first-order valence-electron chi connectivity index (χ1n) is 7.10. The summed E-state index contributed by atoms with van der Waals surface area (Å²) in [4.78, 5) is 14.4. The zero-order valence-corrected chi connectivity index (χ0v) is 14.2. The molecule has 0 saturated carbocycles. The average molecular weight is 376 g/mol. The van der Waals surface area contributed by atoms with Gasteiger partial charge in [0.25, 0.3) is 0 Å². The van der Waals surface area contributed by atoms with Crippen molar-refractivity contribution >= 4 is 34.2 Å². The molecule has 1 aromatic carbocycles. The third-order valence-corrected chi connectivity index (χ3v) is 4.50. The lowest BCUT2D eigenvalue weighted by Crippen LogP contribution is -2.45. The van der Waals surface area contributed by atoms with Gasteiger partial charge in [0.2, 0.25) is 5.91 Å². The molecule has 2 aliphatic rings. The van der Waals surface area contributed by atoms with Gasteiger partial charge in [-0.1, -0.05) is 28.1 Å². The molecule has 1 aromatic rings. The van der Waals surface area contributed by atoms with Crippen LogP contribution in [-0.2, 0) is 9.53 Å². The van der Waals surface area contributed by atoms with Gasteiger partial charge in [0, 0.05) is 17.6 Å². The molecule has 2 atom stereocenters. The fraction of sp³-hybridized carbons (Fsp3) is 0.533. The quantitative estimate of drug-likeness (QED) is 0.863. The number of hydrogen-bond acceptors (Lipinski definition) is 3. The van der Waals surface area contributed by atoms with E-state index < -0.39 is 0 Å². The standard InChI is InChI=1S/C15H19BrN2O2.ClH/c16-13-3-1-2-11(8-13)14-10-18(6-7-20-14)15(19)12-4-5-17-9-12;/h1-3,8,12,14,17H,4-7,9-10H2;1H. The van der Waals surface area contributed by atoms with Crippen LogP contribution in [0.1, 0.15) is 18.1 Å². The van der Waals surface area contributed by atoms with Crippen LogP contribution in [0.25, 0.3) is 0 Å². The van der Waals surface area contributed by atoms with Crippen molar-refractivity contribution in [3.8, 4) is 0 Å². The van der Waals surface area contributed by atoms with Gasteiger partial charge in [0.1, 0.15) is 6.10 Å². The normalized spacial score (nSPS) is 25.5. The van der Waals surface area contributed by atoms with Crippen molar-refractivity contribution < 1.29 is 9.53 Å². The number of amides is 1. The largest absolute Gasteiger partial charge is 0.370 e. The molecule has 0 spiro atoms. The minimum atomic E-state index is -0.0143. The number of nitrogens with zero attached hydrogens (tertiary/aromatic N) is 1. The van der Waals surface area contributed by atoms with Gasteiger partial charge in [-0.3, -0.25) is 4.79 Å². The third kappa shape index (κ3) is 3.97. The molecular weight excluding hydrogens is 356 g/mol. The van der Waals surface area contributed by atoms with E-state index in [0.29, 0.717) is 19.7 Å². The summed E-state index contributed by atoms with van der Waals surface area (Å²) in [5.74, 6) is 0.426. The summed E-state index contributed by atoms with van der Waals surface area (Å²) in [6.45, 7) is 3.75. The highest BCUT2D eigenvalue weighted by atomic mass is 79.9. The van der Waals surface area contributed by atoms with E-state index in [0.717, 1.165) is 29.5 Å². The Labute approximate surface area is 139 Å². The first-order valence-corrected chi connectivity index (χ1v) is 7.90. The van der Waals surface area contributed by atoms with Crippen molar-refractivity contribution in [2.24, 2.45) is 5.92 Å². The Balaban J connectivity index is 0.00000161. The van der Waals surface area contributed by atoms with Gasteiger partial charge in [-0.2, -0.15) is 0 Å². The second-order valence-electron chi connectivity index (χ2n) is 5.39. The van der Waals surface area contributed by atoms with Crippen molar-refractivity contribution in [2.45, 2.75) is 12.5 Å². The van der Waals surface area contributed by atoms with Gasteiger partial charge in [-0.15, -0.1) is 12.4 Å². The maximum atomic E-state index is 12.5. The Morgan fingerprint density at radius 1 is 1.43 bits per heavy atom. The zero-order valence-electron chi connectivity index (χ0n) is 11.8. The summed E-state index contributed by atoms with van der Waals surface area (Å²) in [5.41, 5.74) is 1.13. The fourth-order valence-electron chi connectivity index (χ4n) is 2.88. The van der Waals surface area contributed by atoms with Gasteiger partial charge in [-0.05, 0) is 30.7 Å². The van der Waals surface area contributed by atoms with E-state index in [4.69, 9.17) is 4.74 Å². The van der Waals surface area contributed by atoms with Crippen molar-refractivity contribution in [3.05, 3.63) is 34.3 Å². The molecule has 1 amide bonds. The van der Waals surface area contributed by atoms with Gasteiger partial charge in [-0.25, -0.2) is 0 Å². The number of nitrogens with one attached hydrogen (secondary N) is 1. The van der Waals surface area contributed by atoms with Crippen LogP contribution in [0, 0.1) is 5.92 Å². The summed E-state index contributed by atoms with van der Waals surface area (Å²) in [7, 11) is 0. The maximum absolute atomic E-state index is 12.5. The van der Waals surface area contributed by atoms with Crippen LogP contribution >= 0.6 is 28.3 Å². The Bertz CT molecular complexity index is 494. The van der Waals surface area contributed by atoms with Crippen LogP contribution in [0.4, 0.5) is 0 Å². The molecule has 6 heteroatoms. The van der Waals surface area contributed by atoms with Crippen molar-refractivity contribution in [3.63, 3.8) is 0 Å². The molecule has 0 aliphatic carbocycles. The van der Waals surface area contributed by atoms with Crippen LogP contribution < -0.4 is 5.32 Å². The van der Waals surface area contributed by atoms with Gasteiger partial charge in [0.15, 0.2) is 0 Å². The molecule has 0 bridgehead atoms. The first kappa shape index (κ1) is 16.7. The van der Waals surface area contributed by atoms with E-state index in [2.05, 4.69) is 33.4 Å². The Morgan fingerprint density at radius 2 is 2.29 bits per heavy atom. The summed E-state index contributed by atoms with van der Waals surface area (Å²) in [6.07, 6.45) is 0.942. The topological polar surface area (TPSA) is 41.6 Å². The van der Waals surface area contributed by atoms with E-state index in [-0.39, 0.29) is 30.3 Å². The molecule has 2 saturated heterocycles. The van der Waals surface area contributed by atoms with Crippen LogP contribution in [0.15, 0.2) is 28.7 Å². The Hall–Kier alpha value is -0.620. The van der Waals surface area contributed by atoms with Crippen molar-refractivity contribution in [1.82, 2.24) is 10.2 Å². The lowest BCUT2D eigenvalue weighted by atomic mass is 10.0. The summed E-state index contributed by atoms with van der Waals surface area (Å²) in [6, 6.07) is 8.13. The predicted molar refractivity (Wildman–Crippen MR) is 87.6 cm³/mol. The van der Waals surface area contributed by atoms with Crippen LogP contribution in [0.5, 0.6) is 0 Å². The van der Waals surface area contributed by atoms with Crippen molar-refractivity contribution in [1.29, 1.82) is 0 Å². The Kier molecular flexibility index (Phi) is 6.05. The molecule has 0 radical (unpaired) electrons. The van der Waals surface area contributed by atoms with E-state index in [9.17, 15) is 4.79 Å². The van der Waals surface area contributed by atoms with Crippen LogP contribution in [-0.4, -0.2) is 43.6 Å². The van der Waals surface area contributed by atoms with Crippen molar-refractivity contribution in [2.75, 3.05) is 32.8 Å². The van der Waals surface area contributed by atoms with E-state index in [1.54, 1.807) is 0 Å². The van der Waals surface area contributed by atoms with Crippen LogP contribution in [0.3, 0.4) is 0 Å². The second kappa shape index (κ2) is 7.58. The highest BCUT2D eigenvalue weighted by Crippen LogP contribution is 2.26. The number of rotatable bonds is 2. The molecule has 2 unspecified atom stereocenters. The summed E-state index contributed by atoms with van der Waals surface area (Å²) >= 11 is 3.48. The molecule has 2 fully saturated rings. The van der Waals surface area contributed by atoms with Gasteiger partial charge >= 0.3 is 0 Å². The molecule has 1 N–H and O–H groups in total. The zero-order chi connectivity index (χ0) is 13.9. The number of carbonyl (C=O) groups excluding carboxylic acids is 1. The SMILES string of the molecule is Cl.O=C(C1CCNC1)N1CCOC(c2cccc(Br)c2)C1. The highest BCUT2D eigenvalue weighted by molar-refractivity contribution is 9.10. The minimum Gasteiger partial charge on any atom is -0.370 e. The first-order chi connectivity index (χ1) is 9.74. The number of benzene rings is 1. The Morgan fingerprint density at radius 3 is 3.00 bits per heavy atom. The molecule has 4 nitrogen and oxygen atoms in total. The highest BCUT2D eigenvalue weighted by Gasteiger charge is 2.31. The fourth-order valence-corrected chi connectivity index (χ4v) is 3.30. The number of ether oxygens (including phenoxy) is 1. The summed E-state index contributed by atoms with van der Waals surface area (Å²) in [5, 5.41) is 3.26. The van der Waals surface area contributed by atoms with Gasteiger partial charge < -0.3 is 15.0 Å². The van der Waals surface area contributed by atoms with Crippen LogP contribution in [0.2, 0.25) is 0 Å². The average Bonchev–Trinajstić information content (AvgIpc) is 3.01. The third-order valence-electron chi connectivity index (χ3n) is 4.01. The van der Waals surface area contributed by atoms with Gasteiger partial charge in [0.05, 0.1) is 19.1 Å². The number of hydrogen-bond donors (Lipinski definition) is 1. The lowest BCUT2D eigenvalue weighted by Gasteiger charge is -2.34. The molecule has 2 aliphatic heterocycles. The molecule has 3 rings (SSSR count). The lowest BCUT2D eigenvalue weighted by molar-refractivity contribution is -0.142. The van der Waals surface area contributed by atoms with E-state index >= 15 is 0 Å². The van der Waals surface area contributed by atoms with E-state index in [1.807, 2.05) is 17.0 Å². The van der Waals surface area contributed by atoms with E-state index in [1.165, 1.54) is 0 Å². The molecular formula is C15H20BrClN2O2. The smallest absolute Gasteiger partial charge is 0.227 e. The molecule has 21 heavy (non-hydrogen) atoms. The molecule has 116 valence electrons. The maximum Gasteiger partial charge on any atom is 0.227 e. The monoisotopic (exact) mass is 374 g/mol. The molecule has 2 heterocycles. The summed E-state index contributed by atoms with van der Waals surface area (Å²) < 4.78 is 6.88.